The number of Topliss-reactive ketones (excluding diaryl/α,β-unsaturated/α-hetero) is 1. The normalized spacial score (nSPS) is 15.1. The zero-order valence-electron chi connectivity index (χ0n) is 29.0. The zero-order chi connectivity index (χ0) is 35.3. The van der Waals surface area contributed by atoms with Crippen molar-refractivity contribution < 1.29 is 41.6 Å². The number of benzene rings is 2. The lowest BCUT2D eigenvalue weighted by atomic mass is 9.85. The number of sulfone groups is 1. The van der Waals surface area contributed by atoms with Gasteiger partial charge in [0.05, 0.1) is 70.1 Å². The van der Waals surface area contributed by atoms with Gasteiger partial charge in [0.2, 0.25) is 0 Å². The molecule has 0 aromatic heterocycles. The third-order valence-electron chi connectivity index (χ3n) is 7.92. The van der Waals surface area contributed by atoms with E-state index in [1.807, 2.05) is 19.2 Å². The second-order valence-electron chi connectivity index (χ2n) is 12.0. The highest BCUT2D eigenvalue weighted by atomic mass is 35.5. The summed E-state index contributed by atoms with van der Waals surface area (Å²) in [6, 6.07) is 10.9. The fourth-order valence-corrected chi connectivity index (χ4v) is 7.34. The van der Waals surface area contributed by atoms with Crippen molar-refractivity contribution in [2.45, 2.75) is 56.4 Å². The number of hydrogen-bond acceptors (Lipinski definition) is 10. The first-order valence-corrected chi connectivity index (χ1v) is 19.6. The first-order chi connectivity index (χ1) is 23.7. The molecule has 0 amide bonds. The second-order valence-corrected chi connectivity index (χ2v) is 15.0. The van der Waals surface area contributed by atoms with Crippen LogP contribution in [0.4, 0.5) is 0 Å². The maximum absolute atomic E-state index is 13.1. The predicted octanol–water partition coefficient (Wildman–Crippen LogP) is 5.98. The van der Waals surface area contributed by atoms with Crippen LogP contribution in [0.1, 0.15) is 61.6 Å². The zero-order valence-corrected chi connectivity index (χ0v) is 31.3. The first-order valence-electron chi connectivity index (χ1n) is 17.2. The maximum atomic E-state index is 13.1. The van der Waals surface area contributed by atoms with Gasteiger partial charge in [-0.3, -0.25) is 4.79 Å². The van der Waals surface area contributed by atoms with Crippen molar-refractivity contribution >= 4 is 38.8 Å². The van der Waals surface area contributed by atoms with Crippen LogP contribution in [0.15, 0.2) is 41.3 Å². The van der Waals surface area contributed by atoms with Crippen molar-refractivity contribution in [2.24, 2.45) is 0 Å². The number of halogens is 2. The number of ether oxygens (including phenoxy) is 6. The summed E-state index contributed by atoms with van der Waals surface area (Å²) in [4.78, 5) is 14.4. The number of nitrogens with zero attached hydrogens (tertiary/aromatic N) is 1. The molecule has 10 nitrogen and oxygen atoms in total. The Morgan fingerprint density at radius 3 is 2.02 bits per heavy atom. The summed E-state index contributed by atoms with van der Waals surface area (Å²) >= 11 is 12.8. The molecule has 1 aliphatic heterocycles. The van der Waals surface area contributed by atoms with Gasteiger partial charge < -0.3 is 33.3 Å². The Morgan fingerprint density at radius 2 is 1.37 bits per heavy atom. The highest BCUT2D eigenvalue weighted by Crippen LogP contribution is 2.38. The van der Waals surface area contributed by atoms with E-state index in [9.17, 15) is 13.2 Å². The Morgan fingerprint density at radius 1 is 0.776 bits per heavy atom. The summed E-state index contributed by atoms with van der Waals surface area (Å²) in [5.41, 5.74) is 2.98. The summed E-state index contributed by atoms with van der Waals surface area (Å²) in [6.07, 6.45) is 2.89. The lowest BCUT2D eigenvalue weighted by Crippen LogP contribution is -2.31. The number of rotatable bonds is 27. The molecule has 0 bridgehead atoms. The van der Waals surface area contributed by atoms with E-state index in [1.54, 1.807) is 24.3 Å². The molecular formula is C36H53Cl2NO9S. The lowest BCUT2D eigenvalue weighted by Gasteiger charge is -2.33. The highest BCUT2D eigenvalue weighted by molar-refractivity contribution is 7.91. The average Bonchev–Trinajstić information content (AvgIpc) is 3.07. The van der Waals surface area contributed by atoms with Crippen LogP contribution >= 0.6 is 23.2 Å². The van der Waals surface area contributed by atoms with E-state index in [4.69, 9.17) is 51.6 Å². The molecule has 0 spiro atoms. The minimum atomic E-state index is -3.49. The molecule has 1 unspecified atom stereocenters. The van der Waals surface area contributed by atoms with Crippen LogP contribution in [0.5, 0.6) is 0 Å². The van der Waals surface area contributed by atoms with Crippen LogP contribution in [-0.4, -0.2) is 118 Å². The summed E-state index contributed by atoms with van der Waals surface area (Å²) in [5.74, 6) is 0.109. The second kappa shape index (κ2) is 23.8. The Kier molecular flexibility index (Phi) is 20.3. The van der Waals surface area contributed by atoms with E-state index in [0.717, 1.165) is 36.3 Å². The molecule has 0 radical (unpaired) electrons. The molecule has 1 atom stereocenters. The number of carbonyl (C=O) groups excluding carboxylic acids is 1. The van der Waals surface area contributed by atoms with Crippen LogP contribution in [0.25, 0.3) is 0 Å². The number of ketones is 1. The largest absolute Gasteiger partial charge is 0.379 e. The molecule has 1 heterocycles. The van der Waals surface area contributed by atoms with Crippen molar-refractivity contribution in [3.05, 3.63) is 63.1 Å². The van der Waals surface area contributed by atoms with Crippen molar-refractivity contribution in [2.75, 3.05) is 98.6 Å². The molecule has 0 saturated carbocycles. The standard InChI is InChI=1S/C36H53Cl2NO9S/c1-3-11-43-15-19-47-22-18-46-14-10-31(40)8-5-12-44-16-20-48-21-17-45-13-6-23-49(41,42)32-9-4-7-29(24-32)34-27-39(2)28-35-33(34)25-30(37)26-36(35)38/h4,7,9,24-26,34H,3,5-6,8,10-23,27-28H2,1-2H3. The molecule has 49 heavy (non-hydrogen) atoms. The van der Waals surface area contributed by atoms with E-state index in [2.05, 4.69) is 11.8 Å². The van der Waals surface area contributed by atoms with Gasteiger partial charge in [0.15, 0.2) is 9.84 Å². The summed E-state index contributed by atoms with van der Waals surface area (Å²) in [7, 11) is -1.46. The fraction of sp³-hybridized carbons (Fsp3) is 0.639. The minimum Gasteiger partial charge on any atom is -0.379 e. The minimum absolute atomic E-state index is 0.0100. The first kappa shape index (κ1) is 41.8. The summed E-state index contributed by atoms with van der Waals surface area (Å²) in [6.45, 7) is 9.18. The third-order valence-corrected chi connectivity index (χ3v) is 10.3. The van der Waals surface area contributed by atoms with Gasteiger partial charge in [-0.2, -0.15) is 0 Å². The quantitative estimate of drug-likeness (QED) is 0.101. The molecule has 3 rings (SSSR count). The molecule has 0 aliphatic carbocycles. The van der Waals surface area contributed by atoms with Gasteiger partial charge in [-0.05, 0) is 67.3 Å². The number of carbonyl (C=O) groups is 1. The SMILES string of the molecule is CCCOCCOCCOCCC(=O)CCCOCCOCCOCCCS(=O)(=O)c1cccc(C2CN(C)Cc3c(Cl)cc(Cl)cc32)c1. The van der Waals surface area contributed by atoms with Crippen molar-refractivity contribution in [1.29, 1.82) is 0 Å². The van der Waals surface area contributed by atoms with E-state index < -0.39 is 9.84 Å². The molecule has 0 fully saturated rings. The van der Waals surface area contributed by atoms with Crippen molar-refractivity contribution in [3.8, 4) is 0 Å². The number of fused-ring (bicyclic) bond motifs is 1. The third kappa shape index (κ3) is 16.1. The van der Waals surface area contributed by atoms with Crippen LogP contribution in [0.2, 0.25) is 10.0 Å². The van der Waals surface area contributed by atoms with Gasteiger partial charge >= 0.3 is 0 Å². The van der Waals surface area contributed by atoms with E-state index in [-0.39, 0.29) is 17.5 Å². The molecule has 2 aromatic rings. The number of likely N-dealkylation sites (N-methyl/N-ethyl adjacent to an activating group) is 1. The van der Waals surface area contributed by atoms with Gasteiger partial charge in [0, 0.05) is 61.7 Å². The highest BCUT2D eigenvalue weighted by Gasteiger charge is 2.28. The Hall–Kier alpha value is -1.64. The van der Waals surface area contributed by atoms with Gasteiger partial charge in [0.25, 0.3) is 0 Å². The summed E-state index contributed by atoms with van der Waals surface area (Å²) in [5, 5.41) is 1.20. The van der Waals surface area contributed by atoms with Crippen LogP contribution < -0.4 is 0 Å². The van der Waals surface area contributed by atoms with Gasteiger partial charge in [-0.15, -0.1) is 0 Å². The van der Waals surface area contributed by atoms with Crippen molar-refractivity contribution in [3.63, 3.8) is 0 Å². The Labute approximate surface area is 302 Å². The molecular weight excluding hydrogens is 693 g/mol. The van der Waals surface area contributed by atoms with E-state index in [1.165, 1.54) is 0 Å². The fourth-order valence-electron chi connectivity index (χ4n) is 5.43. The van der Waals surface area contributed by atoms with Gasteiger partial charge in [-0.1, -0.05) is 42.3 Å². The monoisotopic (exact) mass is 745 g/mol. The lowest BCUT2D eigenvalue weighted by molar-refractivity contribution is -0.120. The predicted molar refractivity (Wildman–Crippen MR) is 192 cm³/mol. The Bertz CT molecular complexity index is 1360. The van der Waals surface area contributed by atoms with Crippen LogP contribution in [-0.2, 0) is 49.6 Å². The molecule has 0 N–H and O–H groups in total. The molecule has 13 heteroatoms. The molecule has 1 aliphatic rings. The average molecular weight is 747 g/mol. The summed E-state index contributed by atoms with van der Waals surface area (Å²) < 4.78 is 59.1. The van der Waals surface area contributed by atoms with Gasteiger partial charge in [-0.25, -0.2) is 8.42 Å². The van der Waals surface area contributed by atoms with E-state index >= 15 is 0 Å². The number of hydrogen-bond donors (Lipinski definition) is 0. The molecule has 2 aromatic carbocycles. The smallest absolute Gasteiger partial charge is 0.178 e. The maximum Gasteiger partial charge on any atom is 0.178 e. The van der Waals surface area contributed by atoms with Crippen LogP contribution in [0, 0.1) is 0 Å². The van der Waals surface area contributed by atoms with Gasteiger partial charge in [0.1, 0.15) is 5.78 Å². The van der Waals surface area contributed by atoms with E-state index in [0.29, 0.717) is 120 Å². The van der Waals surface area contributed by atoms with Crippen molar-refractivity contribution in [1.82, 2.24) is 4.90 Å². The molecule has 276 valence electrons. The topological polar surface area (TPSA) is 110 Å². The van der Waals surface area contributed by atoms with Crippen LogP contribution in [0.3, 0.4) is 0 Å². The Balaban J connectivity index is 1.19. The molecule has 0 saturated heterocycles.